The molecule has 0 N–H and O–H groups in total. The molecule has 21 heavy (non-hydrogen) atoms. The summed E-state index contributed by atoms with van der Waals surface area (Å²) in [6.07, 6.45) is 0.866. The average Bonchev–Trinajstić information content (AvgIpc) is 2.89. The Morgan fingerprint density at radius 2 is 2.10 bits per heavy atom. The highest BCUT2D eigenvalue weighted by Crippen LogP contribution is 2.31. The van der Waals surface area contributed by atoms with E-state index < -0.39 is 0 Å². The van der Waals surface area contributed by atoms with Crippen molar-refractivity contribution in [2.75, 3.05) is 17.2 Å². The Balaban J connectivity index is 1.69. The van der Waals surface area contributed by atoms with Crippen LogP contribution in [0.25, 0.3) is 0 Å². The second kappa shape index (κ2) is 6.20. The number of carbonyl (C=O) groups excluding carboxylic acids is 1. The number of halogens is 2. The van der Waals surface area contributed by atoms with Crippen LogP contribution < -0.4 is 4.90 Å². The first-order valence-corrected chi connectivity index (χ1v) is 8.39. The van der Waals surface area contributed by atoms with Crippen molar-refractivity contribution in [3.63, 3.8) is 0 Å². The zero-order chi connectivity index (χ0) is 14.8. The van der Waals surface area contributed by atoms with Gasteiger partial charge in [-0.1, -0.05) is 28.1 Å². The molecule has 1 heterocycles. The molecular weight excluding hydrogens is 353 g/mol. The largest absolute Gasteiger partial charge is 0.311 e. The van der Waals surface area contributed by atoms with E-state index in [4.69, 9.17) is 0 Å². The number of hydrogen-bond acceptors (Lipinski definition) is 2. The standard InChI is InChI=1S/C16H13BrFNOS/c17-12-5-6-14-11(9-12)7-8-19(14)16(20)10-21-15-4-2-1-3-13(15)18/h1-6,9H,7-8,10H2. The number of fused-ring (bicyclic) bond motifs is 1. The molecule has 2 nitrogen and oxygen atoms in total. The van der Waals surface area contributed by atoms with E-state index in [1.807, 2.05) is 18.2 Å². The molecule has 0 saturated carbocycles. The first-order chi connectivity index (χ1) is 10.1. The quantitative estimate of drug-likeness (QED) is 0.757. The van der Waals surface area contributed by atoms with Gasteiger partial charge < -0.3 is 4.90 Å². The Labute approximate surface area is 135 Å². The lowest BCUT2D eigenvalue weighted by molar-refractivity contribution is -0.116. The monoisotopic (exact) mass is 365 g/mol. The zero-order valence-corrected chi connectivity index (χ0v) is 13.6. The van der Waals surface area contributed by atoms with Gasteiger partial charge in [-0.25, -0.2) is 4.39 Å². The molecular formula is C16H13BrFNOS. The van der Waals surface area contributed by atoms with Gasteiger partial charge in [-0.3, -0.25) is 4.79 Å². The van der Waals surface area contributed by atoms with E-state index in [0.29, 0.717) is 11.4 Å². The SMILES string of the molecule is O=C(CSc1ccccc1F)N1CCc2cc(Br)ccc21. The fourth-order valence-corrected chi connectivity index (χ4v) is 3.63. The molecule has 0 fully saturated rings. The van der Waals surface area contributed by atoms with Crippen LogP contribution in [0.4, 0.5) is 10.1 Å². The normalized spacial score (nSPS) is 13.3. The van der Waals surface area contributed by atoms with Crippen LogP contribution in [0.15, 0.2) is 51.8 Å². The Bertz CT molecular complexity index is 692. The number of benzene rings is 2. The minimum Gasteiger partial charge on any atom is -0.311 e. The first kappa shape index (κ1) is 14.6. The molecule has 0 spiro atoms. The molecule has 108 valence electrons. The second-order valence-corrected chi connectivity index (χ2v) is 6.72. The van der Waals surface area contributed by atoms with Gasteiger partial charge in [0.15, 0.2) is 0 Å². The molecule has 0 aliphatic carbocycles. The van der Waals surface area contributed by atoms with Gasteiger partial charge in [-0.2, -0.15) is 0 Å². The van der Waals surface area contributed by atoms with Crippen LogP contribution in [0.5, 0.6) is 0 Å². The van der Waals surface area contributed by atoms with Gasteiger partial charge in [0.05, 0.1) is 5.75 Å². The van der Waals surface area contributed by atoms with Gasteiger partial charge in [-0.05, 0) is 42.3 Å². The van der Waals surface area contributed by atoms with Gasteiger partial charge in [0.2, 0.25) is 5.91 Å². The predicted octanol–water partition coefficient (Wildman–Crippen LogP) is 4.27. The fraction of sp³-hybridized carbons (Fsp3) is 0.188. The van der Waals surface area contributed by atoms with Crippen molar-refractivity contribution in [1.82, 2.24) is 0 Å². The number of nitrogens with zero attached hydrogens (tertiary/aromatic N) is 1. The molecule has 0 saturated heterocycles. The first-order valence-electron chi connectivity index (χ1n) is 6.61. The molecule has 0 bridgehead atoms. The molecule has 0 unspecified atom stereocenters. The van der Waals surface area contributed by atoms with Gasteiger partial charge in [0.1, 0.15) is 5.82 Å². The van der Waals surface area contributed by atoms with Crippen LogP contribution in [-0.4, -0.2) is 18.2 Å². The Kier molecular flexibility index (Phi) is 4.31. The molecule has 0 radical (unpaired) electrons. The van der Waals surface area contributed by atoms with E-state index in [-0.39, 0.29) is 17.5 Å². The van der Waals surface area contributed by atoms with E-state index >= 15 is 0 Å². The summed E-state index contributed by atoms with van der Waals surface area (Å²) in [7, 11) is 0. The minimum atomic E-state index is -0.277. The average molecular weight is 366 g/mol. The molecule has 3 rings (SSSR count). The van der Waals surface area contributed by atoms with Crippen LogP contribution in [0.2, 0.25) is 0 Å². The summed E-state index contributed by atoms with van der Waals surface area (Å²) in [5.74, 6) is -0.0124. The summed E-state index contributed by atoms with van der Waals surface area (Å²) < 4.78 is 14.6. The second-order valence-electron chi connectivity index (χ2n) is 4.79. The van der Waals surface area contributed by atoms with E-state index in [2.05, 4.69) is 15.9 Å². The summed E-state index contributed by atoms with van der Waals surface area (Å²) in [5.41, 5.74) is 2.14. The number of rotatable bonds is 3. The lowest BCUT2D eigenvalue weighted by Gasteiger charge is -2.17. The van der Waals surface area contributed by atoms with Crippen LogP contribution in [0, 0.1) is 5.82 Å². The van der Waals surface area contributed by atoms with Crippen LogP contribution in [-0.2, 0) is 11.2 Å². The third kappa shape index (κ3) is 3.14. The third-order valence-corrected chi connectivity index (χ3v) is 4.95. The minimum absolute atomic E-state index is 0.0179. The smallest absolute Gasteiger partial charge is 0.237 e. The van der Waals surface area contributed by atoms with Crippen LogP contribution in [0.3, 0.4) is 0 Å². The van der Waals surface area contributed by atoms with Crippen molar-refractivity contribution in [2.24, 2.45) is 0 Å². The van der Waals surface area contributed by atoms with E-state index in [0.717, 1.165) is 16.6 Å². The maximum absolute atomic E-state index is 13.5. The maximum Gasteiger partial charge on any atom is 0.237 e. The molecule has 1 amide bonds. The van der Waals surface area contributed by atoms with Crippen LogP contribution >= 0.6 is 27.7 Å². The molecule has 2 aromatic rings. The van der Waals surface area contributed by atoms with E-state index in [1.54, 1.807) is 23.1 Å². The van der Waals surface area contributed by atoms with E-state index in [1.165, 1.54) is 23.4 Å². The summed E-state index contributed by atoms with van der Waals surface area (Å²) in [6.45, 7) is 0.697. The van der Waals surface area contributed by atoms with Gasteiger partial charge in [0.25, 0.3) is 0 Å². The third-order valence-electron chi connectivity index (χ3n) is 3.43. The summed E-state index contributed by atoms with van der Waals surface area (Å²) in [4.78, 5) is 14.7. The van der Waals surface area contributed by atoms with Crippen LogP contribution in [0.1, 0.15) is 5.56 Å². The summed E-state index contributed by atoms with van der Waals surface area (Å²) in [5, 5.41) is 0. The summed E-state index contributed by atoms with van der Waals surface area (Å²) in [6, 6.07) is 12.5. The Morgan fingerprint density at radius 1 is 1.29 bits per heavy atom. The fourth-order valence-electron chi connectivity index (χ4n) is 2.41. The highest BCUT2D eigenvalue weighted by molar-refractivity contribution is 9.10. The van der Waals surface area contributed by atoms with Crippen molar-refractivity contribution in [3.05, 3.63) is 58.3 Å². The van der Waals surface area contributed by atoms with Crippen molar-refractivity contribution >= 4 is 39.3 Å². The van der Waals surface area contributed by atoms with Crippen molar-refractivity contribution < 1.29 is 9.18 Å². The van der Waals surface area contributed by atoms with Gasteiger partial charge in [0, 0.05) is 21.6 Å². The topological polar surface area (TPSA) is 20.3 Å². The van der Waals surface area contributed by atoms with Gasteiger partial charge >= 0.3 is 0 Å². The van der Waals surface area contributed by atoms with E-state index in [9.17, 15) is 9.18 Å². The number of thioether (sulfide) groups is 1. The number of anilines is 1. The molecule has 2 aromatic carbocycles. The summed E-state index contributed by atoms with van der Waals surface area (Å²) >= 11 is 4.69. The van der Waals surface area contributed by atoms with Crippen molar-refractivity contribution in [1.29, 1.82) is 0 Å². The van der Waals surface area contributed by atoms with Crippen molar-refractivity contribution in [2.45, 2.75) is 11.3 Å². The van der Waals surface area contributed by atoms with Gasteiger partial charge in [-0.15, -0.1) is 11.8 Å². The maximum atomic E-state index is 13.5. The number of hydrogen-bond donors (Lipinski definition) is 0. The predicted molar refractivity (Wildman–Crippen MR) is 87.3 cm³/mol. The molecule has 5 heteroatoms. The van der Waals surface area contributed by atoms with Crippen molar-refractivity contribution in [3.8, 4) is 0 Å². The Hall–Kier alpha value is -1.33. The lowest BCUT2D eigenvalue weighted by atomic mass is 10.2. The highest BCUT2D eigenvalue weighted by atomic mass is 79.9. The molecule has 0 aromatic heterocycles. The number of carbonyl (C=O) groups is 1. The number of amides is 1. The molecule has 1 aliphatic heterocycles. The molecule has 1 aliphatic rings. The lowest BCUT2D eigenvalue weighted by Crippen LogP contribution is -2.30. The Morgan fingerprint density at radius 3 is 2.90 bits per heavy atom. The zero-order valence-electron chi connectivity index (χ0n) is 11.2. The highest BCUT2D eigenvalue weighted by Gasteiger charge is 2.24. The molecule has 0 atom stereocenters.